The smallest absolute Gasteiger partial charge is 0.251 e. The summed E-state index contributed by atoms with van der Waals surface area (Å²) in [4.78, 5) is 12.0. The van der Waals surface area contributed by atoms with Crippen LogP contribution in [-0.2, 0) is 14.8 Å². The molecule has 1 aromatic rings. The van der Waals surface area contributed by atoms with Gasteiger partial charge < -0.3 is 10.1 Å². The van der Waals surface area contributed by atoms with Crippen molar-refractivity contribution in [3.8, 4) is 0 Å². The molecule has 1 aromatic carbocycles. The van der Waals surface area contributed by atoms with Gasteiger partial charge in [-0.1, -0.05) is 11.6 Å². The van der Waals surface area contributed by atoms with E-state index in [0.717, 1.165) is 0 Å². The van der Waals surface area contributed by atoms with E-state index in [0.29, 0.717) is 13.0 Å². The topological polar surface area (TPSA) is 98.5 Å². The molecule has 21 heavy (non-hydrogen) atoms. The van der Waals surface area contributed by atoms with Gasteiger partial charge in [-0.3, -0.25) is 4.79 Å². The van der Waals surface area contributed by atoms with E-state index in [-0.39, 0.29) is 21.6 Å². The fourth-order valence-electron chi connectivity index (χ4n) is 2.19. The largest absolute Gasteiger partial charge is 0.376 e. The standard InChI is InChI=1S/C13H17ClN2O4S/c1-8-13(2,5-6-20-8)16-12(17)9-3-4-10(14)11(7-9)21(15,18)19/h3-4,7-8H,5-6H2,1-2H3,(H,16,17)(H2,15,18,19). The molecule has 0 spiro atoms. The quantitative estimate of drug-likeness (QED) is 0.871. The summed E-state index contributed by atoms with van der Waals surface area (Å²) >= 11 is 5.80. The number of rotatable bonds is 3. The van der Waals surface area contributed by atoms with Gasteiger partial charge >= 0.3 is 0 Å². The van der Waals surface area contributed by atoms with Gasteiger partial charge in [0.05, 0.1) is 16.7 Å². The SMILES string of the molecule is CC1OCCC1(C)NC(=O)c1ccc(Cl)c(S(N)(=O)=O)c1. The molecule has 2 unspecified atom stereocenters. The molecule has 0 aromatic heterocycles. The van der Waals surface area contributed by atoms with Gasteiger partial charge in [0.2, 0.25) is 10.0 Å². The highest BCUT2D eigenvalue weighted by atomic mass is 35.5. The van der Waals surface area contributed by atoms with Crippen LogP contribution in [0.4, 0.5) is 0 Å². The lowest BCUT2D eigenvalue weighted by molar-refractivity contribution is 0.0727. The zero-order chi connectivity index (χ0) is 15.8. The second-order valence-corrected chi connectivity index (χ2v) is 7.26. The third-order valence-electron chi connectivity index (χ3n) is 3.79. The molecule has 1 heterocycles. The van der Waals surface area contributed by atoms with Crippen molar-refractivity contribution in [2.45, 2.75) is 36.8 Å². The van der Waals surface area contributed by atoms with E-state index in [1.807, 2.05) is 13.8 Å². The van der Waals surface area contributed by atoms with Crippen LogP contribution in [0.25, 0.3) is 0 Å². The maximum Gasteiger partial charge on any atom is 0.251 e. The van der Waals surface area contributed by atoms with Crippen LogP contribution in [0, 0.1) is 0 Å². The summed E-state index contributed by atoms with van der Waals surface area (Å²) in [6.45, 7) is 4.34. The highest BCUT2D eigenvalue weighted by molar-refractivity contribution is 7.89. The molecule has 0 saturated carbocycles. The van der Waals surface area contributed by atoms with E-state index in [9.17, 15) is 13.2 Å². The van der Waals surface area contributed by atoms with Crippen LogP contribution < -0.4 is 10.5 Å². The van der Waals surface area contributed by atoms with Crippen LogP contribution in [0.5, 0.6) is 0 Å². The van der Waals surface area contributed by atoms with Crippen LogP contribution >= 0.6 is 11.6 Å². The summed E-state index contributed by atoms with van der Waals surface area (Å²) in [5.74, 6) is -0.392. The van der Waals surface area contributed by atoms with Gasteiger partial charge in [0.25, 0.3) is 5.91 Å². The molecule has 8 heteroatoms. The van der Waals surface area contributed by atoms with Crippen LogP contribution in [0.2, 0.25) is 5.02 Å². The van der Waals surface area contributed by atoms with E-state index < -0.39 is 21.5 Å². The number of nitrogens with one attached hydrogen (secondary N) is 1. The van der Waals surface area contributed by atoms with Crippen molar-refractivity contribution in [1.29, 1.82) is 0 Å². The number of halogens is 1. The lowest BCUT2D eigenvalue weighted by Crippen LogP contribution is -2.50. The Kier molecular flexibility index (Phi) is 4.30. The Hall–Kier alpha value is -1.15. The van der Waals surface area contributed by atoms with E-state index in [4.69, 9.17) is 21.5 Å². The highest BCUT2D eigenvalue weighted by Gasteiger charge is 2.38. The molecule has 3 N–H and O–H groups in total. The Morgan fingerprint density at radius 1 is 1.52 bits per heavy atom. The van der Waals surface area contributed by atoms with Crippen LogP contribution in [0.3, 0.4) is 0 Å². The Morgan fingerprint density at radius 3 is 2.71 bits per heavy atom. The Morgan fingerprint density at radius 2 is 2.19 bits per heavy atom. The minimum absolute atomic E-state index is 0.0159. The van der Waals surface area contributed by atoms with Crippen molar-refractivity contribution in [3.63, 3.8) is 0 Å². The number of amides is 1. The minimum atomic E-state index is -3.98. The number of benzene rings is 1. The average molecular weight is 333 g/mol. The fraction of sp³-hybridized carbons (Fsp3) is 0.462. The summed E-state index contributed by atoms with van der Waals surface area (Å²) < 4.78 is 28.3. The lowest BCUT2D eigenvalue weighted by Gasteiger charge is -2.29. The monoisotopic (exact) mass is 332 g/mol. The van der Waals surface area contributed by atoms with Crippen molar-refractivity contribution in [1.82, 2.24) is 5.32 Å². The molecule has 6 nitrogen and oxygen atoms in total. The third kappa shape index (κ3) is 3.37. The molecule has 0 bridgehead atoms. The molecule has 1 aliphatic heterocycles. The molecule has 1 fully saturated rings. The van der Waals surface area contributed by atoms with Crippen LogP contribution in [0.1, 0.15) is 30.6 Å². The van der Waals surface area contributed by atoms with E-state index in [2.05, 4.69) is 5.32 Å². The zero-order valence-electron chi connectivity index (χ0n) is 11.7. The summed E-state index contributed by atoms with van der Waals surface area (Å²) in [7, 11) is -3.98. The third-order valence-corrected chi connectivity index (χ3v) is 5.18. The van der Waals surface area contributed by atoms with Crippen molar-refractivity contribution < 1.29 is 17.9 Å². The summed E-state index contributed by atoms with van der Waals surface area (Å²) in [5.41, 5.74) is -0.304. The van der Waals surface area contributed by atoms with Gasteiger partial charge in [-0.15, -0.1) is 0 Å². The molecule has 0 aliphatic carbocycles. The molecular formula is C13H17ClN2O4S. The number of carbonyl (C=O) groups excluding carboxylic acids is 1. The molecule has 1 amide bonds. The van der Waals surface area contributed by atoms with Crippen LogP contribution in [-0.4, -0.2) is 32.6 Å². The predicted octanol–water partition coefficient (Wildman–Crippen LogP) is 1.28. The first kappa shape index (κ1) is 16.2. The second kappa shape index (κ2) is 5.57. The highest BCUT2D eigenvalue weighted by Crippen LogP contribution is 2.26. The molecule has 2 rings (SSSR count). The molecule has 0 radical (unpaired) electrons. The van der Waals surface area contributed by atoms with Gasteiger partial charge in [0, 0.05) is 12.2 Å². The van der Waals surface area contributed by atoms with Crippen molar-refractivity contribution >= 4 is 27.5 Å². The van der Waals surface area contributed by atoms with Gasteiger partial charge in [-0.25, -0.2) is 13.6 Å². The minimum Gasteiger partial charge on any atom is -0.376 e. The number of ether oxygens (including phenoxy) is 1. The number of nitrogens with two attached hydrogens (primary N) is 1. The van der Waals surface area contributed by atoms with Gasteiger partial charge in [-0.05, 0) is 38.5 Å². The van der Waals surface area contributed by atoms with Crippen molar-refractivity contribution in [2.75, 3.05) is 6.61 Å². The first-order valence-corrected chi connectivity index (χ1v) is 8.32. The number of carbonyl (C=O) groups is 1. The molecule has 1 saturated heterocycles. The molecule has 116 valence electrons. The first-order chi connectivity index (χ1) is 9.63. The van der Waals surface area contributed by atoms with Gasteiger partial charge in [0.15, 0.2) is 0 Å². The van der Waals surface area contributed by atoms with E-state index >= 15 is 0 Å². The molecule has 2 atom stereocenters. The van der Waals surface area contributed by atoms with Crippen molar-refractivity contribution in [2.24, 2.45) is 5.14 Å². The normalized spacial score (nSPS) is 25.8. The summed E-state index contributed by atoms with van der Waals surface area (Å²) in [6.07, 6.45) is 0.571. The lowest BCUT2D eigenvalue weighted by atomic mass is 9.94. The maximum absolute atomic E-state index is 12.3. The Balaban J connectivity index is 2.29. The number of hydrogen-bond donors (Lipinski definition) is 2. The van der Waals surface area contributed by atoms with E-state index in [1.54, 1.807) is 0 Å². The summed E-state index contributed by atoms with van der Waals surface area (Å²) in [6, 6.07) is 3.97. The first-order valence-electron chi connectivity index (χ1n) is 6.40. The zero-order valence-corrected chi connectivity index (χ0v) is 13.3. The second-order valence-electron chi connectivity index (χ2n) is 5.32. The van der Waals surface area contributed by atoms with Crippen molar-refractivity contribution in [3.05, 3.63) is 28.8 Å². The van der Waals surface area contributed by atoms with Gasteiger partial charge in [-0.2, -0.15) is 0 Å². The van der Waals surface area contributed by atoms with Gasteiger partial charge in [0.1, 0.15) is 4.90 Å². The fourth-order valence-corrected chi connectivity index (χ4v) is 3.26. The number of primary sulfonamides is 1. The Labute approximate surface area is 128 Å². The number of sulfonamides is 1. The summed E-state index contributed by atoms with van der Waals surface area (Å²) in [5, 5.41) is 7.94. The van der Waals surface area contributed by atoms with Crippen LogP contribution in [0.15, 0.2) is 23.1 Å². The predicted molar refractivity (Wildman–Crippen MR) is 78.7 cm³/mol. The average Bonchev–Trinajstić information content (AvgIpc) is 2.68. The Bertz CT molecular complexity index is 677. The number of hydrogen-bond acceptors (Lipinski definition) is 4. The molecular weight excluding hydrogens is 316 g/mol. The maximum atomic E-state index is 12.3. The molecule has 1 aliphatic rings. The van der Waals surface area contributed by atoms with E-state index in [1.165, 1.54) is 18.2 Å².